The van der Waals surface area contributed by atoms with E-state index >= 15 is 0 Å². The fourth-order valence-corrected chi connectivity index (χ4v) is 3.32. The van der Waals surface area contributed by atoms with Crippen molar-refractivity contribution >= 4 is 26.7 Å². The monoisotopic (exact) mass is 329 g/mol. The normalized spacial score (nSPS) is 11.6. The number of aryl methyl sites for hydroxylation is 2. The molecule has 0 aliphatic heterocycles. The van der Waals surface area contributed by atoms with Gasteiger partial charge in [-0.3, -0.25) is 4.72 Å². The van der Waals surface area contributed by atoms with Crippen molar-refractivity contribution in [2.75, 3.05) is 4.72 Å². The predicted molar refractivity (Wildman–Crippen MR) is 89.2 cm³/mol. The molecule has 3 aromatic rings. The van der Waals surface area contributed by atoms with Crippen LogP contribution in [0.4, 0.5) is 5.69 Å². The summed E-state index contributed by atoms with van der Waals surface area (Å²) in [6, 6.07) is 12.5. The highest BCUT2D eigenvalue weighted by Gasteiger charge is 2.15. The maximum Gasteiger partial charge on any atom is 0.336 e. The summed E-state index contributed by atoms with van der Waals surface area (Å²) in [6.45, 7) is 3.88. The minimum absolute atomic E-state index is 0.108. The predicted octanol–water partition coefficient (Wildman–Crippen LogP) is 3.21. The van der Waals surface area contributed by atoms with Crippen molar-refractivity contribution in [2.45, 2.75) is 18.7 Å². The minimum atomic E-state index is -3.71. The zero-order valence-electron chi connectivity index (χ0n) is 12.7. The number of rotatable bonds is 3. The molecule has 2 aromatic carbocycles. The van der Waals surface area contributed by atoms with Gasteiger partial charge in [-0.15, -0.1) is 0 Å². The van der Waals surface area contributed by atoms with Gasteiger partial charge in [0, 0.05) is 17.1 Å². The Morgan fingerprint density at radius 3 is 2.43 bits per heavy atom. The van der Waals surface area contributed by atoms with Crippen LogP contribution in [-0.4, -0.2) is 8.42 Å². The molecular weight excluding hydrogens is 314 g/mol. The molecule has 3 rings (SSSR count). The van der Waals surface area contributed by atoms with E-state index in [1.54, 1.807) is 12.1 Å². The molecule has 0 atom stereocenters. The smallest absolute Gasteiger partial charge is 0.336 e. The van der Waals surface area contributed by atoms with Gasteiger partial charge in [0.05, 0.1) is 4.90 Å². The molecule has 0 fully saturated rings. The van der Waals surface area contributed by atoms with E-state index in [4.69, 9.17) is 4.42 Å². The van der Waals surface area contributed by atoms with Crippen LogP contribution in [0.3, 0.4) is 0 Å². The lowest BCUT2D eigenvalue weighted by atomic mass is 10.1. The summed E-state index contributed by atoms with van der Waals surface area (Å²) in [4.78, 5) is 11.3. The Bertz CT molecular complexity index is 1050. The average Bonchev–Trinajstić information content (AvgIpc) is 2.50. The van der Waals surface area contributed by atoms with Crippen molar-refractivity contribution < 1.29 is 12.8 Å². The second-order valence-corrected chi connectivity index (χ2v) is 7.04. The molecule has 1 heterocycles. The Morgan fingerprint density at radius 2 is 1.70 bits per heavy atom. The zero-order valence-corrected chi connectivity index (χ0v) is 13.5. The molecule has 0 spiro atoms. The van der Waals surface area contributed by atoms with Crippen molar-refractivity contribution in [3.05, 3.63) is 70.1 Å². The highest BCUT2D eigenvalue weighted by molar-refractivity contribution is 7.92. The highest BCUT2D eigenvalue weighted by Crippen LogP contribution is 2.22. The van der Waals surface area contributed by atoms with E-state index in [-0.39, 0.29) is 4.90 Å². The van der Waals surface area contributed by atoms with Gasteiger partial charge in [-0.05, 0) is 61.4 Å². The first-order valence-electron chi connectivity index (χ1n) is 6.99. The fourth-order valence-electron chi connectivity index (χ4n) is 2.24. The van der Waals surface area contributed by atoms with E-state index in [1.165, 1.54) is 30.3 Å². The first-order valence-corrected chi connectivity index (χ1v) is 8.47. The number of anilines is 1. The van der Waals surface area contributed by atoms with E-state index in [0.29, 0.717) is 16.7 Å². The zero-order chi connectivity index (χ0) is 16.6. The van der Waals surface area contributed by atoms with Gasteiger partial charge in [0.2, 0.25) is 0 Å². The van der Waals surface area contributed by atoms with Gasteiger partial charge in [-0.25, -0.2) is 13.2 Å². The maximum absolute atomic E-state index is 12.5. The lowest BCUT2D eigenvalue weighted by molar-refractivity contribution is 0.560. The molecular formula is C17H15NO4S. The average molecular weight is 329 g/mol. The van der Waals surface area contributed by atoms with E-state index in [1.807, 2.05) is 19.9 Å². The molecule has 1 aromatic heterocycles. The van der Waals surface area contributed by atoms with Crippen LogP contribution in [0.15, 0.2) is 62.6 Å². The number of benzene rings is 2. The van der Waals surface area contributed by atoms with Crippen LogP contribution in [0, 0.1) is 13.8 Å². The number of hydrogen-bond acceptors (Lipinski definition) is 4. The summed E-state index contributed by atoms with van der Waals surface area (Å²) >= 11 is 0. The summed E-state index contributed by atoms with van der Waals surface area (Å²) in [5, 5.41) is 0.549. The Balaban J connectivity index is 2.00. The fraction of sp³-hybridized carbons (Fsp3) is 0.118. The third kappa shape index (κ3) is 3.12. The summed E-state index contributed by atoms with van der Waals surface area (Å²) in [7, 11) is -3.71. The molecule has 0 aliphatic carbocycles. The minimum Gasteiger partial charge on any atom is -0.423 e. The van der Waals surface area contributed by atoms with Crippen LogP contribution in [0.1, 0.15) is 11.1 Å². The third-order valence-electron chi connectivity index (χ3n) is 3.66. The number of sulfonamides is 1. The molecule has 1 N–H and O–H groups in total. The topological polar surface area (TPSA) is 76.4 Å². The maximum atomic E-state index is 12.5. The first kappa shape index (κ1) is 15.3. The summed E-state index contributed by atoms with van der Waals surface area (Å²) < 4.78 is 32.6. The van der Waals surface area contributed by atoms with E-state index < -0.39 is 15.6 Å². The van der Waals surface area contributed by atoms with Gasteiger partial charge >= 0.3 is 5.63 Å². The molecule has 0 saturated heterocycles. The van der Waals surface area contributed by atoms with Crippen LogP contribution < -0.4 is 10.3 Å². The van der Waals surface area contributed by atoms with Crippen LogP contribution >= 0.6 is 0 Å². The van der Waals surface area contributed by atoms with Crippen molar-refractivity contribution in [1.82, 2.24) is 0 Å². The van der Waals surface area contributed by atoms with Crippen molar-refractivity contribution in [3.8, 4) is 0 Å². The molecule has 0 radical (unpaired) electrons. The molecule has 0 bridgehead atoms. The molecule has 5 nitrogen and oxygen atoms in total. The third-order valence-corrected chi connectivity index (χ3v) is 5.04. The highest BCUT2D eigenvalue weighted by atomic mass is 32.2. The molecule has 6 heteroatoms. The summed E-state index contributed by atoms with van der Waals surface area (Å²) in [6.07, 6.45) is 0. The van der Waals surface area contributed by atoms with Gasteiger partial charge in [0.1, 0.15) is 5.58 Å². The largest absolute Gasteiger partial charge is 0.423 e. The Hall–Kier alpha value is -2.60. The first-order chi connectivity index (χ1) is 10.8. The quantitative estimate of drug-likeness (QED) is 0.749. The summed E-state index contributed by atoms with van der Waals surface area (Å²) in [5.41, 5.74) is 2.48. The number of nitrogens with one attached hydrogen (secondary N) is 1. The Labute approximate surface area is 133 Å². The van der Waals surface area contributed by atoms with Crippen molar-refractivity contribution in [1.29, 1.82) is 0 Å². The second kappa shape index (κ2) is 5.55. The summed E-state index contributed by atoms with van der Waals surface area (Å²) in [5.74, 6) is 0. The SMILES string of the molecule is Cc1ccc(NS(=O)(=O)c2ccc3oc(=O)ccc3c2)cc1C. The van der Waals surface area contributed by atoms with Crippen LogP contribution in [-0.2, 0) is 10.0 Å². The molecule has 0 amide bonds. The lowest BCUT2D eigenvalue weighted by Crippen LogP contribution is -2.13. The van der Waals surface area contributed by atoms with Crippen LogP contribution in [0.2, 0.25) is 0 Å². The van der Waals surface area contributed by atoms with Crippen LogP contribution in [0.25, 0.3) is 11.0 Å². The molecule has 0 aliphatic rings. The van der Waals surface area contributed by atoms with Crippen LogP contribution in [0.5, 0.6) is 0 Å². The second-order valence-electron chi connectivity index (χ2n) is 5.36. The van der Waals surface area contributed by atoms with Gasteiger partial charge in [0.25, 0.3) is 10.0 Å². The van der Waals surface area contributed by atoms with E-state index in [9.17, 15) is 13.2 Å². The Kier molecular flexibility index (Phi) is 3.69. The van der Waals surface area contributed by atoms with Crippen molar-refractivity contribution in [2.24, 2.45) is 0 Å². The van der Waals surface area contributed by atoms with Gasteiger partial charge < -0.3 is 4.42 Å². The van der Waals surface area contributed by atoms with E-state index in [0.717, 1.165) is 11.1 Å². The lowest BCUT2D eigenvalue weighted by Gasteiger charge is -2.10. The molecule has 0 unspecified atom stereocenters. The van der Waals surface area contributed by atoms with Crippen molar-refractivity contribution in [3.63, 3.8) is 0 Å². The Morgan fingerprint density at radius 1 is 0.913 bits per heavy atom. The molecule has 118 valence electrons. The van der Waals surface area contributed by atoms with Gasteiger partial charge in [0.15, 0.2) is 0 Å². The van der Waals surface area contributed by atoms with Gasteiger partial charge in [-0.1, -0.05) is 6.07 Å². The molecule has 0 saturated carbocycles. The van der Waals surface area contributed by atoms with Gasteiger partial charge in [-0.2, -0.15) is 0 Å². The molecule has 23 heavy (non-hydrogen) atoms. The number of fused-ring (bicyclic) bond motifs is 1. The number of hydrogen-bond donors (Lipinski definition) is 1. The van der Waals surface area contributed by atoms with E-state index in [2.05, 4.69) is 4.72 Å². The standard InChI is InChI=1S/C17H15NO4S/c1-11-3-5-14(9-12(11)2)18-23(20,21)15-6-7-16-13(10-15)4-8-17(19)22-16/h3-10,18H,1-2H3.